The Bertz CT molecular complexity index is 1470. The van der Waals surface area contributed by atoms with Gasteiger partial charge in [-0.2, -0.15) is 0 Å². The number of hydrogen-bond donors (Lipinski definition) is 1. The van der Waals surface area contributed by atoms with Crippen molar-refractivity contribution in [3.63, 3.8) is 0 Å². The Hall–Kier alpha value is -2.15. The number of rotatable bonds is 6. The van der Waals surface area contributed by atoms with Gasteiger partial charge in [0.25, 0.3) is 5.56 Å². The van der Waals surface area contributed by atoms with Crippen molar-refractivity contribution >= 4 is 63.4 Å². The number of aromatic nitrogens is 2. The molecule has 5 rings (SSSR count). The summed E-state index contributed by atoms with van der Waals surface area (Å²) in [6.07, 6.45) is 1.95. The molecule has 5 aromatic rings. The fraction of sp³-hybridized carbons (Fsp3) is 0.0345. The molecule has 0 amide bonds. The van der Waals surface area contributed by atoms with Gasteiger partial charge in [0.1, 0.15) is 26.8 Å². The van der Waals surface area contributed by atoms with Crippen LogP contribution in [0.4, 0.5) is 0 Å². The van der Waals surface area contributed by atoms with Crippen LogP contribution in [0, 0.1) is 0 Å². The van der Waals surface area contributed by atoms with Gasteiger partial charge in [0.15, 0.2) is 7.26 Å². The number of halogens is 3. The van der Waals surface area contributed by atoms with Crippen LogP contribution in [0.25, 0.3) is 11.4 Å². The third-order valence-corrected chi connectivity index (χ3v) is 11.7. The predicted molar refractivity (Wildman–Crippen MR) is 157 cm³/mol. The summed E-state index contributed by atoms with van der Waals surface area (Å²) >= 11 is 14.1. The van der Waals surface area contributed by atoms with Crippen molar-refractivity contribution in [1.29, 1.82) is 0 Å². The zero-order chi connectivity index (χ0) is 25.1. The number of aromatic amines is 1. The topological polar surface area (TPSA) is 45.8 Å². The van der Waals surface area contributed by atoms with Crippen molar-refractivity contribution in [3.8, 4) is 11.4 Å². The normalized spacial score (nSPS) is 11.1. The fourth-order valence-corrected chi connectivity index (χ4v) is 10.4. The van der Waals surface area contributed by atoms with Crippen molar-refractivity contribution in [1.82, 2.24) is 9.97 Å². The van der Waals surface area contributed by atoms with E-state index >= 15 is 0 Å². The molecule has 4 aromatic carbocycles. The molecule has 0 saturated heterocycles. The fourth-order valence-electron chi connectivity index (χ4n) is 4.48. The maximum Gasteiger partial charge on any atom is 0.296 e. The molecule has 0 unspecified atom stereocenters. The number of nitrogens with one attached hydrogen (secondary N) is 1. The first-order valence-corrected chi connectivity index (χ1v) is 15.0. The van der Waals surface area contributed by atoms with E-state index in [1.165, 1.54) is 11.8 Å². The molecule has 1 heterocycles. The quantitative estimate of drug-likeness (QED) is 0.130. The average Bonchev–Trinajstić information content (AvgIpc) is 2.91. The molecule has 0 aliphatic heterocycles. The Balaban J connectivity index is 0.00000320. The van der Waals surface area contributed by atoms with E-state index in [2.05, 4.69) is 41.4 Å². The number of benzene rings is 4. The van der Waals surface area contributed by atoms with Crippen LogP contribution in [0.1, 0.15) is 0 Å². The van der Waals surface area contributed by atoms with E-state index in [0.29, 0.717) is 31.8 Å². The number of hydrogen-bond acceptors (Lipinski definition) is 3. The molecule has 0 fully saturated rings. The second-order valence-corrected chi connectivity index (χ2v) is 13.1. The lowest BCUT2D eigenvalue weighted by Crippen LogP contribution is -3.00. The summed E-state index contributed by atoms with van der Waals surface area (Å²) in [5.74, 6) is 0.419. The Labute approximate surface area is 248 Å². The van der Waals surface area contributed by atoms with Gasteiger partial charge in [0.05, 0.1) is 5.02 Å². The second kappa shape index (κ2) is 12.1. The van der Waals surface area contributed by atoms with Gasteiger partial charge in [-0.3, -0.25) is 4.79 Å². The third kappa shape index (κ3) is 5.25. The third-order valence-electron chi connectivity index (χ3n) is 6.01. The van der Waals surface area contributed by atoms with Crippen LogP contribution in [0.2, 0.25) is 10.0 Å². The molecule has 0 saturated carbocycles. The Morgan fingerprint density at radius 2 is 1.24 bits per heavy atom. The monoisotopic (exact) mass is 674 g/mol. The lowest BCUT2D eigenvalue weighted by Gasteiger charge is -2.27. The molecule has 1 aromatic heterocycles. The van der Waals surface area contributed by atoms with Crippen LogP contribution in [-0.4, -0.2) is 16.2 Å². The molecule has 186 valence electrons. The zero-order valence-corrected chi connectivity index (χ0v) is 25.1. The molecule has 3 nitrogen and oxygen atoms in total. The lowest BCUT2D eigenvalue weighted by atomic mass is 10.2. The van der Waals surface area contributed by atoms with Gasteiger partial charge >= 0.3 is 0 Å². The molecule has 1 N–H and O–H groups in total. The lowest BCUT2D eigenvalue weighted by molar-refractivity contribution is -0.00000690. The first-order valence-electron chi connectivity index (χ1n) is 11.3. The van der Waals surface area contributed by atoms with Crippen LogP contribution in [0.5, 0.6) is 0 Å². The highest BCUT2D eigenvalue weighted by Crippen LogP contribution is 2.54. The Morgan fingerprint density at radius 3 is 1.68 bits per heavy atom. The van der Waals surface area contributed by atoms with Gasteiger partial charge in [-0.1, -0.05) is 77.8 Å². The first-order chi connectivity index (χ1) is 17.6. The van der Waals surface area contributed by atoms with Gasteiger partial charge in [-0.05, 0) is 60.9 Å². The summed E-state index contributed by atoms with van der Waals surface area (Å²) in [6.45, 7) is 0. The SMILES string of the molecule is CSc1nc(-c2ccc(Cl)cc2Cl)[nH]c(=O)c1[P+](c1ccccc1)(c1ccccc1)c1ccccc1.[I-]. The summed E-state index contributed by atoms with van der Waals surface area (Å²) in [5.41, 5.74) is 0.448. The van der Waals surface area contributed by atoms with E-state index < -0.39 is 7.26 Å². The summed E-state index contributed by atoms with van der Waals surface area (Å²) in [6, 6.07) is 36.0. The standard InChI is InChI=1S/C29H21Cl2N2OPS.HI/c1-36-29-26(28(34)32-27(33-29)24-18-17-20(30)19-25(24)31)35(21-11-5-2-6-12-21,22-13-7-3-8-14-22)23-15-9-4-10-16-23;/h2-19H,1H3;1H. The molecule has 0 aliphatic carbocycles. The minimum atomic E-state index is -2.61. The van der Waals surface area contributed by atoms with E-state index in [9.17, 15) is 4.79 Å². The number of thioether (sulfide) groups is 1. The van der Waals surface area contributed by atoms with Crippen molar-refractivity contribution in [3.05, 3.63) is 130 Å². The van der Waals surface area contributed by atoms with Crippen LogP contribution in [0.15, 0.2) is 119 Å². The van der Waals surface area contributed by atoms with Gasteiger partial charge in [0.2, 0.25) is 5.30 Å². The maximum atomic E-state index is 14.2. The molecule has 37 heavy (non-hydrogen) atoms. The van der Waals surface area contributed by atoms with Gasteiger partial charge in [0, 0.05) is 10.6 Å². The molecule has 0 atom stereocenters. The average molecular weight is 675 g/mol. The smallest absolute Gasteiger partial charge is 0.296 e. The van der Waals surface area contributed by atoms with Crippen molar-refractivity contribution < 1.29 is 24.0 Å². The molecular weight excluding hydrogens is 653 g/mol. The number of nitrogens with zero attached hydrogens (tertiary/aromatic N) is 1. The molecule has 0 bridgehead atoms. The largest absolute Gasteiger partial charge is 1.00 e. The first kappa shape index (κ1) is 27.9. The van der Waals surface area contributed by atoms with Gasteiger partial charge in [-0.15, -0.1) is 11.8 Å². The van der Waals surface area contributed by atoms with Gasteiger partial charge in [-0.25, -0.2) is 4.98 Å². The second-order valence-electron chi connectivity index (χ2n) is 8.07. The van der Waals surface area contributed by atoms with E-state index in [4.69, 9.17) is 28.2 Å². The minimum absolute atomic E-state index is 0. The molecule has 0 aliphatic rings. The summed E-state index contributed by atoms with van der Waals surface area (Å²) < 4.78 is 0. The molecule has 8 heteroatoms. The van der Waals surface area contributed by atoms with Crippen molar-refractivity contribution in [2.75, 3.05) is 6.26 Å². The van der Waals surface area contributed by atoms with Crippen LogP contribution < -0.4 is 50.8 Å². The van der Waals surface area contributed by atoms with E-state index in [-0.39, 0.29) is 29.5 Å². The summed E-state index contributed by atoms with van der Waals surface area (Å²) in [7, 11) is -2.61. The van der Waals surface area contributed by atoms with Gasteiger partial charge < -0.3 is 29.0 Å². The Morgan fingerprint density at radius 1 is 0.757 bits per heavy atom. The molecular formula is C29H22Cl2IN2OPS. The highest BCUT2D eigenvalue weighted by atomic mass is 127. The minimum Gasteiger partial charge on any atom is -1.00 e. The van der Waals surface area contributed by atoms with E-state index in [1.807, 2.05) is 60.9 Å². The van der Waals surface area contributed by atoms with E-state index in [0.717, 1.165) is 15.9 Å². The highest BCUT2D eigenvalue weighted by Gasteiger charge is 2.52. The molecule has 0 radical (unpaired) electrons. The number of H-pyrrole nitrogens is 1. The summed E-state index contributed by atoms with van der Waals surface area (Å²) in [5, 5.41) is 5.56. The highest BCUT2D eigenvalue weighted by molar-refractivity contribution is 8.04. The van der Waals surface area contributed by atoms with Crippen LogP contribution in [-0.2, 0) is 0 Å². The van der Waals surface area contributed by atoms with E-state index in [1.54, 1.807) is 18.2 Å². The molecule has 0 spiro atoms. The Kier molecular flexibility index (Phi) is 9.15. The maximum absolute atomic E-state index is 14.2. The predicted octanol–water partition coefficient (Wildman–Crippen LogP) is 3.09. The van der Waals surface area contributed by atoms with Crippen molar-refractivity contribution in [2.45, 2.75) is 5.03 Å². The van der Waals surface area contributed by atoms with Crippen LogP contribution >= 0.6 is 42.2 Å². The van der Waals surface area contributed by atoms with Crippen LogP contribution in [0.3, 0.4) is 0 Å². The zero-order valence-electron chi connectivity index (χ0n) is 19.7. The summed E-state index contributed by atoms with van der Waals surface area (Å²) in [4.78, 5) is 22.2. The van der Waals surface area contributed by atoms with Crippen molar-refractivity contribution in [2.24, 2.45) is 0 Å².